The second-order valence-electron chi connectivity index (χ2n) is 9.21. The number of hydrogen-bond donors (Lipinski definition) is 0. The standard InChI is InChI=1S/C33H31N3O4/c1-3-35-31(37)30(40-33(35)34-26-19-17-25(18-20-26)32(38)39-4-2)23-24-15-21-29(22-16-24)36(27-11-7-5-8-12-27)28-13-9-6-10-14-28/h5-19,21-23,26H,3-4,20H2,1-2H3/b30-23+,34-33?. The van der Waals surface area contributed by atoms with Gasteiger partial charge in [0.15, 0.2) is 5.76 Å². The molecule has 2 aliphatic rings. The minimum absolute atomic E-state index is 0.221. The Balaban J connectivity index is 1.35. The molecule has 0 saturated carbocycles. The van der Waals surface area contributed by atoms with Gasteiger partial charge in [-0.3, -0.25) is 9.69 Å². The van der Waals surface area contributed by atoms with E-state index in [-0.39, 0.29) is 29.7 Å². The van der Waals surface area contributed by atoms with Crippen LogP contribution < -0.4 is 4.90 Å². The number of esters is 1. The smallest absolute Gasteiger partial charge is 0.337 e. The highest BCUT2D eigenvalue weighted by molar-refractivity contribution is 6.11. The van der Waals surface area contributed by atoms with Crippen molar-refractivity contribution in [1.82, 2.24) is 4.90 Å². The minimum Gasteiger partial charge on any atom is -0.462 e. The normalized spacial score (nSPS) is 18.6. The second-order valence-corrected chi connectivity index (χ2v) is 9.21. The summed E-state index contributed by atoms with van der Waals surface area (Å²) in [4.78, 5) is 33.4. The summed E-state index contributed by atoms with van der Waals surface area (Å²) < 4.78 is 11.0. The number of likely N-dealkylation sites (N-methyl/N-ethyl adjacent to an activating group) is 1. The third-order valence-corrected chi connectivity index (χ3v) is 6.55. The van der Waals surface area contributed by atoms with Crippen molar-refractivity contribution in [3.05, 3.63) is 120 Å². The number of benzene rings is 3. The molecule has 0 N–H and O–H groups in total. The molecule has 1 aliphatic carbocycles. The largest absolute Gasteiger partial charge is 0.462 e. The highest BCUT2D eigenvalue weighted by atomic mass is 16.5. The van der Waals surface area contributed by atoms with Gasteiger partial charge in [-0.25, -0.2) is 9.79 Å². The fourth-order valence-corrected chi connectivity index (χ4v) is 4.57. The molecule has 0 aromatic heterocycles. The highest BCUT2D eigenvalue weighted by Gasteiger charge is 2.34. The lowest BCUT2D eigenvalue weighted by Gasteiger charge is -2.25. The predicted molar refractivity (Wildman–Crippen MR) is 157 cm³/mol. The Bertz CT molecular complexity index is 1440. The van der Waals surface area contributed by atoms with Crippen LogP contribution in [0.15, 0.2) is 119 Å². The van der Waals surface area contributed by atoms with E-state index in [1.807, 2.05) is 73.7 Å². The van der Waals surface area contributed by atoms with E-state index in [9.17, 15) is 9.59 Å². The molecular weight excluding hydrogens is 502 g/mol. The first-order valence-corrected chi connectivity index (χ1v) is 13.4. The maximum Gasteiger partial charge on any atom is 0.337 e. The molecule has 1 fully saturated rings. The summed E-state index contributed by atoms with van der Waals surface area (Å²) in [6.45, 7) is 4.41. The van der Waals surface area contributed by atoms with E-state index < -0.39 is 0 Å². The van der Waals surface area contributed by atoms with Gasteiger partial charge in [-0.1, -0.05) is 60.7 Å². The number of amidine groups is 1. The minimum atomic E-state index is -0.348. The maximum atomic E-state index is 13.1. The number of aliphatic imine (C=N–C) groups is 1. The SMILES string of the molecule is CCOC(=O)C1=CCC(N=C2O/C(=C/c3ccc(N(c4ccccc4)c4ccccc4)cc3)C(=O)N2CC)C=C1. The summed E-state index contributed by atoms with van der Waals surface area (Å²) in [5, 5.41) is 0. The third-order valence-electron chi connectivity index (χ3n) is 6.55. The lowest BCUT2D eigenvalue weighted by Crippen LogP contribution is -2.30. The molecule has 1 atom stereocenters. The first kappa shape index (κ1) is 26.7. The number of nitrogens with zero attached hydrogens (tertiary/aromatic N) is 3. The monoisotopic (exact) mass is 533 g/mol. The van der Waals surface area contributed by atoms with E-state index in [1.165, 1.54) is 4.90 Å². The van der Waals surface area contributed by atoms with Crippen molar-refractivity contribution in [2.45, 2.75) is 26.3 Å². The molecule has 202 valence electrons. The van der Waals surface area contributed by atoms with Crippen LogP contribution in [0.5, 0.6) is 0 Å². The van der Waals surface area contributed by atoms with Crippen LogP contribution in [0.2, 0.25) is 0 Å². The molecule has 0 radical (unpaired) electrons. The molecule has 3 aromatic carbocycles. The Labute approximate surface area is 234 Å². The number of amides is 1. The van der Waals surface area contributed by atoms with Crippen molar-refractivity contribution >= 4 is 41.0 Å². The fraction of sp³-hybridized carbons (Fsp3) is 0.182. The zero-order chi connectivity index (χ0) is 27.9. The molecular formula is C33H31N3O4. The fourth-order valence-electron chi connectivity index (χ4n) is 4.57. The van der Waals surface area contributed by atoms with Crippen LogP contribution in [-0.4, -0.2) is 42.0 Å². The van der Waals surface area contributed by atoms with Crippen LogP contribution in [-0.2, 0) is 19.1 Å². The Morgan fingerprint density at radius 3 is 2.15 bits per heavy atom. The maximum absolute atomic E-state index is 13.1. The number of hydrogen-bond acceptors (Lipinski definition) is 6. The molecule has 3 aromatic rings. The van der Waals surface area contributed by atoms with Gasteiger partial charge in [0.2, 0.25) is 0 Å². The lowest BCUT2D eigenvalue weighted by atomic mass is 10.0. The van der Waals surface area contributed by atoms with Gasteiger partial charge in [-0.05, 0) is 74.4 Å². The van der Waals surface area contributed by atoms with Crippen molar-refractivity contribution in [2.24, 2.45) is 4.99 Å². The zero-order valence-electron chi connectivity index (χ0n) is 22.6. The van der Waals surface area contributed by atoms with Gasteiger partial charge in [-0.15, -0.1) is 0 Å². The Kier molecular flexibility index (Phi) is 8.21. The van der Waals surface area contributed by atoms with Crippen molar-refractivity contribution in [3.63, 3.8) is 0 Å². The molecule has 1 heterocycles. The average Bonchev–Trinajstić information content (AvgIpc) is 3.28. The molecule has 1 saturated heterocycles. The summed E-state index contributed by atoms with van der Waals surface area (Å²) in [5.41, 5.74) is 4.44. The van der Waals surface area contributed by atoms with Crippen molar-refractivity contribution in [1.29, 1.82) is 0 Å². The van der Waals surface area contributed by atoms with Gasteiger partial charge in [0.25, 0.3) is 5.91 Å². The molecule has 1 unspecified atom stereocenters. The zero-order valence-corrected chi connectivity index (χ0v) is 22.6. The molecule has 5 rings (SSSR count). The average molecular weight is 534 g/mol. The first-order chi connectivity index (χ1) is 19.6. The van der Waals surface area contributed by atoms with Gasteiger partial charge in [0, 0.05) is 23.6 Å². The second kappa shape index (κ2) is 12.3. The summed E-state index contributed by atoms with van der Waals surface area (Å²) in [5.74, 6) is -0.360. The van der Waals surface area contributed by atoms with Crippen LogP contribution in [0.4, 0.5) is 17.1 Å². The third kappa shape index (κ3) is 5.89. The van der Waals surface area contributed by atoms with E-state index >= 15 is 0 Å². The first-order valence-electron chi connectivity index (χ1n) is 13.4. The predicted octanol–water partition coefficient (Wildman–Crippen LogP) is 6.55. The molecule has 0 bridgehead atoms. The van der Waals surface area contributed by atoms with Gasteiger partial charge in [0.05, 0.1) is 18.2 Å². The summed E-state index contributed by atoms with van der Waals surface area (Å²) >= 11 is 0. The number of carbonyl (C=O) groups is 2. The van der Waals surface area contributed by atoms with Crippen molar-refractivity contribution in [3.8, 4) is 0 Å². The molecule has 7 heteroatoms. The van der Waals surface area contributed by atoms with Gasteiger partial charge in [0.1, 0.15) is 0 Å². The number of para-hydroxylation sites is 2. The van der Waals surface area contributed by atoms with Crippen LogP contribution >= 0.6 is 0 Å². The molecule has 7 nitrogen and oxygen atoms in total. The summed E-state index contributed by atoms with van der Waals surface area (Å²) in [7, 11) is 0. The number of ether oxygens (including phenoxy) is 2. The topological polar surface area (TPSA) is 71.4 Å². The van der Waals surface area contributed by atoms with Gasteiger partial charge < -0.3 is 14.4 Å². The molecule has 40 heavy (non-hydrogen) atoms. The van der Waals surface area contributed by atoms with Gasteiger partial charge >= 0.3 is 12.0 Å². The van der Waals surface area contributed by atoms with E-state index in [1.54, 1.807) is 25.2 Å². The molecule has 1 amide bonds. The van der Waals surface area contributed by atoms with Crippen LogP contribution in [0.25, 0.3) is 6.08 Å². The summed E-state index contributed by atoms with van der Waals surface area (Å²) in [6.07, 6.45) is 7.58. The van der Waals surface area contributed by atoms with Crippen molar-refractivity contribution in [2.75, 3.05) is 18.1 Å². The number of anilines is 3. The van der Waals surface area contributed by atoms with Crippen LogP contribution in [0.1, 0.15) is 25.8 Å². The van der Waals surface area contributed by atoms with Crippen LogP contribution in [0.3, 0.4) is 0 Å². The molecule has 1 aliphatic heterocycles. The van der Waals surface area contributed by atoms with E-state index in [2.05, 4.69) is 34.2 Å². The Morgan fingerprint density at radius 2 is 1.60 bits per heavy atom. The van der Waals surface area contributed by atoms with Crippen molar-refractivity contribution < 1.29 is 19.1 Å². The number of carbonyl (C=O) groups excluding carboxylic acids is 2. The van der Waals surface area contributed by atoms with E-state index in [4.69, 9.17) is 9.47 Å². The quantitative estimate of drug-likeness (QED) is 0.243. The Morgan fingerprint density at radius 1 is 0.975 bits per heavy atom. The van der Waals surface area contributed by atoms with E-state index in [0.29, 0.717) is 25.1 Å². The van der Waals surface area contributed by atoms with Gasteiger partial charge in [-0.2, -0.15) is 0 Å². The Hall–Kier alpha value is -4.91. The lowest BCUT2D eigenvalue weighted by molar-refractivity contribution is -0.138. The highest BCUT2D eigenvalue weighted by Crippen LogP contribution is 2.34. The number of rotatable bonds is 8. The summed E-state index contributed by atoms with van der Waals surface area (Å²) in [6, 6.07) is 28.4. The van der Waals surface area contributed by atoms with Crippen LogP contribution in [0, 0.1) is 0 Å². The molecule has 0 spiro atoms. The van der Waals surface area contributed by atoms with E-state index in [0.717, 1.165) is 22.6 Å².